The molecule has 1 saturated carbocycles. The van der Waals surface area contributed by atoms with Crippen molar-refractivity contribution in [2.45, 2.75) is 12.8 Å². The molecule has 4 nitrogen and oxygen atoms in total. The summed E-state index contributed by atoms with van der Waals surface area (Å²) in [7, 11) is 0. The van der Waals surface area contributed by atoms with Crippen molar-refractivity contribution < 1.29 is 4.74 Å². The largest absolute Gasteiger partial charge is 0.476 e. The molecule has 0 amide bonds. The molecule has 0 saturated heterocycles. The van der Waals surface area contributed by atoms with Crippen LogP contribution >= 0.6 is 11.6 Å². The van der Waals surface area contributed by atoms with Crippen LogP contribution in [0.4, 0.5) is 0 Å². The number of rotatable bonds is 3. The molecule has 70 valence electrons. The minimum Gasteiger partial charge on any atom is -0.476 e. The van der Waals surface area contributed by atoms with Crippen LogP contribution in [0.5, 0.6) is 5.88 Å². The predicted molar refractivity (Wildman–Crippen MR) is 48.1 cm³/mol. The minimum atomic E-state index is -0.359. The molecule has 0 aliphatic heterocycles. The third-order valence-corrected chi connectivity index (χ3v) is 2.25. The van der Waals surface area contributed by atoms with E-state index in [1.807, 2.05) is 0 Å². The smallest absolute Gasteiger partial charge is 0.273 e. The summed E-state index contributed by atoms with van der Waals surface area (Å²) in [6, 6.07) is 0. The number of aromatic nitrogens is 2. The summed E-state index contributed by atoms with van der Waals surface area (Å²) in [6.45, 7) is 0.607. The van der Waals surface area contributed by atoms with Crippen LogP contribution in [-0.2, 0) is 0 Å². The molecular formula is C8H9ClN2O2. The number of nitrogens with one attached hydrogen (secondary N) is 1. The first kappa shape index (κ1) is 8.56. The molecule has 0 bridgehead atoms. The van der Waals surface area contributed by atoms with Crippen LogP contribution < -0.4 is 10.3 Å². The molecular weight excluding hydrogens is 192 g/mol. The second-order valence-electron chi connectivity index (χ2n) is 3.11. The number of hydrogen-bond acceptors (Lipinski definition) is 3. The zero-order chi connectivity index (χ0) is 9.26. The van der Waals surface area contributed by atoms with Crippen molar-refractivity contribution >= 4 is 11.6 Å². The quantitative estimate of drug-likeness (QED) is 0.798. The Bertz CT molecular complexity index is 359. The molecule has 0 spiro atoms. The summed E-state index contributed by atoms with van der Waals surface area (Å²) in [6.07, 6.45) is 3.68. The third-order valence-electron chi connectivity index (χ3n) is 1.92. The van der Waals surface area contributed by atoms with E-state index >= 15 is 0 Å². The highest BCUT2D eigenvalue weighted by molar-refractivity contribution is 6.31. The van der Waals surface area contributed by atoms with Gasteiger partial charge in [-0.2, -0.15) is 0 Å². The van der Waals surface area contributed by atoms with Gasteiger partial charge in [-0.1, -0.05) is 11.6 Å². The molecule has 5 heteroatoms. The van der Waals surface area contributed by atoms with Crippen molar-refractivity contribution in [1.82, 2.24) is 9.97 Å². The normalized spacial score (nSPS) is 15.8. The van der Waals surface area contributed by atoms with Crippen molar-refractivity contribution in [3.8, 4) is 5.88 Å². The van der Waals surface area contributed by atoms with E-state index in [-0.39, 0.29) is 16.5 Å². The standard InChI is InChI=1S/C8H9ClN2O2/c9-6-7(12)10-4-11-8(6)13-3-5-1-2-5/h4-5H,1-3H2,(H,10,11,12). The zero-order valence-corrected chi connectivity index (χ0v) is 7.67. The SMILES string of the molecule is O=c1[nH]cnc(OCC2CC2)c1Cl. The third kappa shape index (κ3) is 2.01. The van der Waals surface area contributed by atoms with Gasteiger partial charge in [-0.25, -0.2) is 4.98 Å². The number of hydrogen-bond donors (Lipinski definition) is 1. The Morgan fingerprint density at radius 2 is 2.46 bits per heavy atom. The van der Waals surface area contributed by atoms with Gasteiger partial charge in [0.25, 0.3) is 5.56 Å². The van der Waals surface area contributed by atoms with Crippen molar-refractivity contribution in [1.29, 1.82) is 0 Å². The van der Waals surface area contributed by atoms with E-state index in [9.17, 15) is 4.79 Å². The summed E-state index contributed by atoms with van der Waals surface area (Å²) < 4.78 is 5.28. The van der Waals surface area contributed by atoms with Gasteiger partial charge in [-0.3, -0.25) is 4.79 Å². The second kappa shape index (κ2) is 3.38. The molecule has 0 radical (unpaired) electrons. The molecule has 1 N–H and O–H groups in total. The number of aromatic amines is 1. The topological polar surface area (TPSA) is 55.0 Å². The van der Waals surface area contributed by atoms with Crippen molar-refractivity contribution in [3.05, 3.63) is 21.7 Å². The monoisotopic (exact) mass is 200 g/mol. The van der Waals surface area contributed by atoms with Crippen LogP contribution in [0.3, 0.4) is 0 Å². The number of H-pyrrole nitrogens is 1. The van der Waals surface area contributed by atoms with E-state index in [1.165, 1.54) is 19.2 Å². The predicted octanol–water partition coefficient (Wildman–Crippen LogP) is 1.21. The Morgan fingerprint density at radius 1 is 1.69 bits per heavy atom. The second-order valence-corrected chi connectivity index (χ2v) is 3.48. The maximum Gasteiger partial charge on any atom is 0.273 e. The fourth-order valence-electron chi connectivity index (χ4n) is 0.949. The molecule has 0 aromatic carbocycles. The van der Waals surface area contributed by atoms with E-state index in [4.69, 9.17) is 16.3 Å². The fraction of sp³-hybridized carbons (Fsp3) is 0.500. The first-order valence-electron chi connectivity index (χ1n) is 4.13. The van der Waals surface area contributed by atoms with Crippen LogP contribution in [0, 0.1) is 5.92 Å². The van der Waals surface area contributed by atoms with Crippen LogP contribution in [-0.4, -0.2) is 16.6 Å². The van der Waals surface area contributed by atoms with Gasteiger partial charge < -0.3 is 9.72 Å². The molecule has 0 atom stereocenters. The van der Waals surface area contributed by atoms with E-state index in [0.29, 0.717) is 12.5 Å². The molecule has 1 heterocycles. The Kier molecular flexibility index (Phi) is 2.22. The lowest BCUT2D eigenvalue weighted by atomic mass is 10.5. The maximum atomic E-state index is 11.0. The molecule has 1 fully saturated rings. The van der Waals surface area contributed by atoms with Gasteiger partial charge in [0.2, 0.25) is 5.88 Å². The van der Waals surface area contributed by atoms with E-state index in [2.05, 4.69) is 9.97 Å². The molecule has 1 aliphatic carbocycles. The highest BCUT2D eigenvalue weighted by Gasteiger charge is 2.22. The summed E-state index contributed by atoms with van der Waals surface area (Å²) in [5.74, 6) is 0.856. The van der Waals surface area contributed by atoms with Crippen LogP contribution in [0.2, 0.25) is 5.02 Å². The first-order chi connectivity index (χ1) is 6.27. The van der Waals surface area contributed by atoms with Gasteiger partial charge >= 0.3 is 0 Å². The Morgan fingerprint density at radius 3 is 3.15 bits per heavy atom. The van der Waals surface area contributed by atoms with Gasteiger partial charge in [0.15, 0.2) is 5.02 Å². The number of nitrogens with zero attached hydrogens (tertiary/aromatic N) is 1. The first-order valence-corrected chi connectivity index (χ1v) is 4.51. The van der Waals surface area contributed by atoms with Gasteiger partial charge in [0.05, 0.1) is 12.9 Å². The lowest BCUT2D eigenvalue weighted by Crippen LogP contribution is -2.10. The molecule has 0 unspecified atom stereocenters. The number of ether oxygens (including phenoxy) is 1. The van der Waals surface area contributed by atoms with Gasteiger partial charge in [0.1, 0.15) is 0 Å². The summed E-state index contributed by atoms with van der Waals surface area (Å²) in [4.78, 5) is 17.2. The fourth-order valence-corrected chi connectivity index (χ4v) is 1.11. The summed E-state index contributed by atoms with van der Waals surface area (Å²) in [5, 5.41) is 0.0307. The van der Waals surface area contributed by atoms with Crippen molar-refractivity contribution in [2.24, 2.45) is 5.92 Å². The van der Waals surface area contributed by atoms with Crippen LogP contribution in [0.15, 0.2) is 11.1 Å². The average molecular weight is 201 g/mol. The van der Waals surface area contributed by atoms with Crippen molar-refractivity contribution in [2.75, 3.05) is 6.61 Å². The summed E-state index contributed by atoms with van der Waals surface area (Å²) in [5.41, 5.74) is -0.359. The Hall–Kier alpha value is -1.03. The maximum absolute atomic E-state index is 11.0. The Labute approximate surface area is 79.9 Å². The van der Waals surface area contributed by atoms with Gasteiger partial charge in [-0.05, 0) is 18.8 Å². The highest BCUT2D eigenvalue weighted by Crippen LogP contribution is 2.29. The molecule has 1 aromatic heterocycles. The van der Waals surface area contributed by atoms with Crippen LogP contribution in [0.25, 0.3) is 0 Å². The summed E-state index contributed by atoms with van der Waals surface area (Å²) >= 11 is 5.67. The lowest BCUT2D eigenvalue weighted by molar-refractivity contribution is 0.287. The molecule has 1 aliphatic rings. The van der Waals surface area contributed by atoms with E-state index in [1.54, 1.807) is 0 Å². The average Bonchev–Trinajstić information content (AvgIpc) is 2.91. The Balaban J connectivity index is 2.09. The molecule has 1 aromatic rings. The minimum absolute atomic E-state index is 0.0307. The van der Waals surface area contributed by atoms with E-state index < -0.39 is 0 Å². The molecule has 13 heavy (non-hydrogen) atoms. The van der Waals surface area contributed by atoms with E-state index in [0.717, 1.165) is 0 Å². The zero-order valence-electron chi connectivity index (χ0n) is 6.92. The van der Waals surface area contributed by atoms with Crippen LogP contribution in [0.1, 0.15) is 12.8 Å². The van der Waals surface area contributed by atoms with Gasteiger partial charge in [0, 0.05) is 0 Å². The van der Waals surface area contributed by atoms with Gasteiger partial charge in [-0.15, -0.1) is 0 Å². The van der Waals surface area contributed by atoms with Crippen molar-refractivity contribution in [3.63, 3.8) is 0 Å². The molecule has 2 rings (SSSR count). The highest BCUT2D eigenvalue weighted by atomic mass is 35.5. The lowest BCUT2D eigenvalue weighted by Gasteiger charge is -2.03. The number of halogens is 1.